The first-order chi connectivity index (χ1) is 12.2. The molecule has 1 atom stereocenters. The van der Waals surface area contributed by atoms with Crippen LogP contribution in [0.1, 0.15) is 49.4 Å². The van der Waals surface area contributed by atoms with Crippen molar-refractivity contribution in [3.05, 3.63) is 46.9 Å². The van der Waals surface area contributed by atoms with Gasteiger partial charge in [-0.25, -0.2) is 9.07 Å². The fourth-order valence-electron chi connectivity index (χ4n) is 3.19. The Morgan fingerprint density at radius 3 is 2.92 bits per heavy atom. The summed E-state index contributed by atoms with van der Waals surface area (Å²) in [6, 6.07) is 6.81. The van der Waals surface area contributed by atoms with E-state index >= 15 is 0 Å². The van der Waals surface area contributed by atoms with Gasteiger partial charge < -0.3 is 9.47 Å². The van der Waals surface area contributed by atoms with Gasteiger partial charge in [-0.2, -0.15) is 5.10 Å². The lowest BCUT2D eigenvalue weighted by Gasteiger charge is -2.23. The smallest absolute Gasteiger partial charge is 0.212 e. The third-order valence-electron chi connectivity index (χ3n) is 4.63. The van der Waals surface area contributed by atoms with Crippen molar-refractivity contribution >= 4 is 0 Å². The Morgan fingerprint density at radius 1 is 1.32 bits per heavy atom. The Hall–Kier alpha value is -1.88. The van der Waals surface area contributed by atoms with Gasteiger partial charge in [0, 0.05) is 12.7 Å². The van der Waals surface area contributed by atoms with Crippen LogP contribution in [0.2, 0.25) is 0 Å². The first-order valence-corrected chi connectivity index (χ1v) is 9.22. The Morgan fingerprint density at radius 2 is 2.20 bits per heavy atom. The highest BCUT2D eigenvalue weighted by molar-refractivity contribution is 5.26. The largest absolute Gasteiger partial charge is 0.473 e. The maximum Gasteiger partial charge on any atom is 0.212 e. The molecular weight excluding hydrogens is 319 g/mol. The van der Waals surface area contributed by atoms with E-state index in [0.29, 0.717) is 6.61 Å². The molecule has 2 aromatic rings. The molecule has 3 rings (SSSR count). The molecule has 0 saturated carbocycles. The molecule has 25 heavy (non-hydrogen) atoms. The third kappa shape index (κ3) is 4.82. The average Bonchev–Trinajstić information content (AvgIpc) is 2.97. The van der Waals surface area contributed by atoms with Crippen molar-refractivity contribution in [1.82, 2.24) is 9.78 Å². The molecule has 136 valence electrons. The van der Waals surface area contributed by atoms with Gasteiger partial charge in [-0.05, 0) is 55.9 Å². The molecule has 0 bridgehead atoms. The van der Waals surface area contributed by atoms with Crippen LogP contribution in [-0.2, 0) is 24.3 Å². The minimum atomic E-state index is -0.217. The van der Waals surface area contributed by atoms with Crippen LogP contribution in [0.5, 0.6) is 5.88 Å². The van der Waals surface area contributed by atoms with E-state index in [2.05, 4.69) is 6.92 Å². The number of ether oxygens (including phenoxy) is 2. The van der Waals surface area contributed by atoms with Crippen LogP contribution in [0.15, 0.2) is 24.3 Å². The van der Waals surface area contributed by atoms with Gasteiger partial charge in [-0.3, -0.25) is 0 Å². The van der Waals surface area contributed by atoms with Crippen LogP contribution in [0.25, 0.3) is 0 Å². The number of aryl methyl sites for hydroxylation is 2. The van der Waals surface area contributed by atoms with Crippen LogP contribution in [-0.4, -0.2) is 22.5 Å². The number of halogens is 1. The number of benzene rings is 1. The lowest BCUT2D eigenvalue weighted by atomic mass is 10.1. The summed E-state index contributed by atoms with van der Waals surface area (Å²) < 4.78 is 27.1. The fraction of sp³-hybridized carbons (Fsp3) is 0.550. The lowest BCUT2D eigenvalue weighted by molar-refractivity contribution is 0.00230. The minimum Gasteiger partial charge on any atom is -0.473 e. The van der Waals surface area contributed by atoms with Crippen LogP contribution in [0.3, 0.4) is 0 Å². The molecular formula is C20H27FN2O2. The maximum absolute atomic E-state index is 13.3. The second kappa shape index (κ2) is 8.48. The summed E-state index contributed by atoms with van der Waals surface area (Å²) in [5, 5.41) is 4.69. The topological polar surface area (TPSA) is 36.3 Å². The average molecular weight is 346 g/mol. The predicted molar refractivity (Wildman–Crippen MR) is 95.3 cm³/mol. The Balaban J connectivity index is 1.71. The third-order valence-corrected chi connectivity index (χ3v) is 4.63. The number of hydrogen-bond acceptors (Lipinski definition) is 3. The molecule has 1 aromatic heterocycles. The van der Waals surface area contributed by atoms with E-state index in [-0.39, 0.29) is 11.9 Å². The Bertz CT molecular complexity index is 693. The van der Waals surface area contributed by atoms with Crippen LogP contribution in [0, 0.1) is 12.7 Å². The zero-order chi connectivity index (χ0) is 17.6. The first-order valence-electron chi connectivity index (χ1n) is 9.22. The van der Waals surface area contributed by atoms with Gasteiger partial charge in [0.15, 0.2) is 0 Å². The van der Waals surface area contributed by atoms with Gasteiger partial charge >= 0.3 is 0 Å². The lowest BCUT2D eigenvalue weighted by Crippen LogP contribution is -2.25. The minimum absolute atomic E-state index is 0.207. The highest BCUT2D eigenvalue weighted by atomic mass is 19.1. The molecule has 0 aliphatic carbocycles. The second-order valence-corrected chi connectivity index (χ2v) is 6.75. The van der Waals surface area contributed by atoms with Gasteiger partial charge in [0.25, 0.3) is 0 Å². The monoisotopic (exact) mass is 346 g/mol. The molecule has 0 spiro atoms. The van der Waals surface area contributed by atoms with Gasteiger partial charge in [0.1, 0.15) is 12.4 Å². The van der Waals surface area contributed by atoms with Crippen molar-refractivity contribution in [2.75, 3.05) is 6.61 Å². The summed E-state index contributed by atoms with van der Waals surface area (Å²) in [5.74, 6) is 0.548. The van der Waals surface area contributed by atoms with Crippen LogP contribution < -0.4 is 4.74 Å². The van der Waals surface area contributed by atoms with Gasteiger partial charge in [-0.1, -0.05) is 19.4 Å². The molecule has 1 aromatic carbocycles. The van der Waals surface area contributed by atoms with Crippen LogP contribution >= 0.6 is 0 Å². The summed E-state index contributed by atoms with van der Waals surface area (Å²) in [6.07, 6.45) is 5.61. The normalized spacial score (nSPS) is 17.6. The fourth-order valence-corrected chi connectivity index (χ4v) is 3.19. The van der Waals surface area contributed by atoms with Gasteiger partial charge in [-0.15, -0.1) is 0 Å². The molecule has 1 saturated heterocycles. The van der Waals surface area contributed by atoms with E-state index in [0.717, 1.165) is 61.5 Å². The molecule has 2 heterocycles. The van der Waals surface area contributed by atoms with Crippen molar-refractivity contribution in [2.24, 2.45) is 0 Å². The van der Waals surface area contributed by atoms with Crippen molar-refractivity contribution in [2.45, 2.75) is 65.2 Å². The van der Waals surface area contributed by atoms with Gasteiger partial charge in [0.05, 0.1) is 18.3 Å². The highest BCUT2D eigenvalue weighted by Gasteiger charge is 2.18. The molecule has 1 aliphatic heterocycles. The van der Waals surface area contributed by atoms with E-state index in [1.54, 1.807) is 6.07 Å². The zero-order valence-corrected chi connectivity index (χ0v) is 15.1. The molecule has 0 N–H and O–H groups in total. The zero-order valence-electron chi connectivity index (χ0n) is 15.1. The highest BCUT2D eigenvalue weighted by Crippen LogP contribution is 2.21. The predicted octanol–water partition coefficient (Wildman–Crippen LogP) is 4.43. The SMILES string of the molecule is CCCc1cc(OCc2ccc(F)cc2C)n(CC2CCCCO2)n1. The first kappa shape index (κ1) is 17.9. The quantitative estimate of drug-likeness (QED) is 0.744. The molecule has 1 fully saturated rings. The molecule has 4 nitrogen and oxygen atoms in total. The van der Waals surface area contributed by atoms with Crippen LogP contribution in [0.4, 0.5) is 4.39 Å². The summed E-state index contributed by atoms with van der Waals surface area (Å²) >= 11 is 0. The van der Waals surface area contributed by atoms with E-state index in [9.17, 15) is 4.39 Å². The molecule has 5 heteroatoms. The summed E-state index contributed by atoms with van der Waals surface area (Å²) in [4.78, 5) is 0. The molecule has 1 aliphatic rings. The van der Waals surface area contributed by atoms with Crippen molar-refractivity contribution < 1.29 is 13.9 Å². The summed E-state index contributed by atoms with van der Waals surface area (Å²) in [6.45, 7) is 6.01. The number of rotatable bonds is 7. The van der Waals surface area contributed by atoms with Crippen molar-refractivity contribution in [3.63, 3.8) is 0 Å². The van der Waals surface area contributed by atoms with E-state index < -0.39 is 0 Å². The number of hydrogen-bond donors (Lipinski definition) is 0. The Kier molecular flexibility index (Phi) is 6.08. The van der Waals surface area contributed by atoms with E-state index in [1.165, 1.54) is 18.6 Å². The number of nitrogens with zero attached hydrogens (tertiary/aromatic N) is 2. The van der Waals surface area contributed by atoms with E-state index in [1.807, 2.05) is 17.7 Å². The molecule has 0 radical (unpaired) electrons. The molecule has 1 unspecified atom stereocenters. The number of aromatic nitrogens is 2. The summed E-state index contributed by atoms with van der Waals surface area (Å²) in [7, 11) is 0. The molecule has 0 amide bonds. The van der Waals surface area contributed by atoms with E-state index in [4.69, 9.17) is 14.6 Å². The second-order valence-electron chi connectivity index (χ2n) is 6.75. The summed E-state index contributed by atoms with van der Waals surface area (Å²) in [5.41, 5.74) is 2.93. The van der Waals surface area contributed by atoms with Crippen molar-refractivity contribution in [1.29, 1.82) is 0 Å². The maximum atomic E-state index is 13.3. The Labute approximate surface area is 148 Å². The standard InChI is InChI=1S/C20H27FN2O2/c1-3-6-18-12-20(23(22-18)13-19-7-4-5-10-24-19)25-14-16-8-9-17(21)11-15(16)2/h8-9,11-12,19H,3-7,10,13-14H2,1-2H3. The van der Waals surface area contributed by atoms with Gasteiger partial charge in [0.2, 0.25) is 5.88 Å². The van der Waals surface area contributed by atoms with Crippen molar-refractivity contribution in [3.8, 4) is 5.88 Å².